The van der Waals surface area contributed by atoms with E-state index in [9.17, 15) is 0 Å². The molecule has 0 aliphatic carbocycles. The molecule has 0 aromatic heterocycles. The Hall–Kier alpha value is -0.0800. The molecule has 0 spiro atoms. The SMILES string of the molecule is CCCCCCCC(CCC)NO. The van der Waals surface area contributed by atoms with Gasteiger partial charge >= 0.3 is 0 Å². The predicted molar refractivity (Wildman–Crippen MR) is 57.0 cm³/mol. The van der Waals surface area contributed by atoms with Crippen LogP contribution in [0.2, 0.25) is 0 Å². The summed E-state index contributed by atoms with van der Waals surface area (Å²) < 4.78 is 0. The molecule has 0 aromatic carbocycles. The van der Waals surface area contributed by atoms with Gasteiger partial charge in [0.1, 0.15) is 0 Å². The summed E-state index contributed by atoms with van der Waals surface area (Å²) in [6.45, 7) is 4.39. The average Bonchev–Trinajstić information content (AvgIpc) is 2.16. The number of hydroxylamine groups is 1. The van der Waals surface area contributed by atoms with Crippen molar-refractivity contribution in [1.29, 1.82) is 0 Å². The molecule has 2 N–H and O–H groups in total. The van der Waals surface area contributed by atoms with Crippen LogP contribution in [0.25, 0.3) is 0 Å². The van der Waals surface area contributed by atoms with Gasteiger partial charge in [-0.05, 0) is 12.8 Å². The molecule has 0 saturated heterocycles. The number of hydrogen-bond donors (Lipinski definition) is 2. The van der Waals surface area contributed by atoms with Crippen molar-refractivity contribution < 1.29 is 5.21 Å². The molecule has 0 fully saturated rings. The number of rotatable bonds is 9. The fourth-order valence-corrected chi connectivity index (χ4v) is 1.62. The lowest BCUT2D eigenvalue weighted by Crippen LogP contribution is -2.25. The molecule has 0 rings (SSSR count). The van der Waals surface area contributed by atoms with E-state index in [2.05, 4.69) is 19.3 Å². The summed E-state index contributed by atoms with van der Waals surface area (Å²) in [5, 5.41) is 8.81. The van der Waals surface area contributed by atoms with Gasteiger partial charge in [0.2, 0.25) is 0 Å². The average molecular weight is 187 g/mol. The topological polar surface area (TPSA) is 32.3 Å². The van der Waals surface area contributed by atoms with Crippen molar-refractivity contribution in [2.24, 2.45) is 0 Å². The van der Waals surface area contributed by atoms with Crippen LogP contribution >= 0.6 is 0 Å². The maximum absolute atomic E-state index is 8.81. The monoisotopic (exact) mass is 187 g/mol. The normalized spacial score (nSPS) is 13.2. The summed E-state index contributed by atoms with van der Waals surface area (Å²) in [5.74, 6) is 0. The Morgan fingerprint density at radius 2 is 1.62 bits per heavy atom. The van der Waals surface area contributed by atoms with Crippen LogP contribution in [0, 0.1) is 0 Å². The summed E-state index contributed by atoms with van der Waals surface area (Å²) >= 11 is 0. The van der Waals surface area contributed by atoms with Crippen molar-refractivity contribution in [3.63, 3.8) is 0 Å². The second-order valence-electron chi connectivity index (χ2n) is 3.82. The van der Waals surface area contributed by atoms with Gasteiger partial charge in [-0.25, -0.2) is 5.48 Å². The highest BCUT2D eigenvalue weighted by atomic mass is 16.5. The molecule has 0 aliphatic heterocycles. The lowest BCUT2D eigenvalue weighted by atomic mass is 10.0. The maximum Gasteiger partial charge on any atom is 0.0319 e. The lowest BCUT2D eigenvalue weighted by molar-refractivity contribution is 0.115. The quantitative estimate of drug-likeness (QED) is 0.428. The first-order chi connectivity index (χ1) is 6.35. The van der Waals surface area contributed by atoms with Crippen molar-refractivity contribution in [3.8, 4) is 0 Å². The minimum Gasteiger partial charge on any atom is -0.317 e. The maximum atomic E-state index is 8.81. The Morgan fingerprint density at radius 3 is 2.15 bits per heavy atom. The fraction of sp³-hybridized carbons (Fsp3) is 1.00. The fourth-order valence-electron chi connectivity index (χ4n) is 1.62. The predicted octanol–water partition coefficient (Wildman–Crippen LogP) is 3.49. The second kappa shape index (κ2) is 10.0. The zero-order chi connectivity index (χ0) is 9.94. The highest BCUT2D eigenvalue weighted by Crippen LogP contribution is 2.09. The van der Waals surface area contributed by atoms with Crippen molar-refractivity contribution in [1.82, 2.24) is 5.48 Å². The first-order valence-corrected chi connectivity index (χ1v) is 5.74. The second-order valence-corrected chi connectivity index (χ2v) is 3.82. The highest BCUT2D eigenvalue weighted by molar-refractivity contribution is 4.61. The molecule has 0 heterocycles. The zero-order valence-electron chi connectivity index (χ0n) is 9.18. The first-order valence-electron chi connectivity index (χ1n) is 5.74. The van der Waals surface area contributed by atoms with E-state index in [1.807, 2.05) is 0 Å². The molecule has 0 radical (unpaired) electrons. The molecule has 0 bridgehead atoms. The van der Waals surface area contributed by atoms with Crippen LogP contribution in [0.5, 0.6) is 0 Å². The van der Waals surface area contributed by atoms with Crippen LogP contribution in [0.3, 0.4) is 0 Å². The Bertz CT molecular complexity index is 96.1. The summed E-state index contributed by atoms with van der Waals surface area (Å²) in [6, 6.07) is 0.326. The summed E-state index contributed by atoms with van der Waals surface area (Å²) in [5.41, 5.74) is 2.39. The van der Waals surface area contributed by atoms with Crippen LogP contribution in [-0.2, 0) is 0 Å². The summed E-state index contributed by atoms with van der Waals surface area (Å²) in [7, 11) is 0. The van der Waals surface area contributed by atoms with Gasteiger partial charge in [-0.15, -0.1) is 0 Å². The van der Waals surface area contributed by atoms with Gasteiger partial charge in [0.25, 0.3) is 0 Å². The molecule has 0 saturated carbocycles. The van der Waals surface area contributed by atoms with E-state index in [0.29, 0.717) is 6.04 Å². The lowest BCUT2D eigenvalue weighted by Gasteiger charge is -2.13. The van der Waals surface area contributed by atoms with Crippen LogP contribution in [0.1, 0.15) is 65.2 Å². The van der Waals surface area contributed by atoms with Gasteiger partial charge in [0.05, 0.1) is 0 Å². The van der Waals surface area contributed by atoms with Crippen LogP contribution in [0.15, 0.2) is 0 Å². The van der Waals surface area contributed by atoms with Gasteiger partial charge in [-0.2, -0.15) is 0 Å². The van der Waals surface area contributed by atoms with Gasteiger partial charge in [0, 0.05) is 6.04 Å². The third-order valence-electron chi connectivity index (χ3n) is 2.48. The van der Waals surface area contributed by atoms with Gasteiger partial charge in [-0.1, -0.05) is 52.4 Å². The minimum absolute atomic E-state index is 0.326. The smallest absolute Gasteiger partial charge is 0.0319 e. The molecular weight excluding hydrogens is 162 g/mol. The highest BCUT2D eigenvalue weighted by Gasteiger charge is 2.04. The Balaban J connectivity index is 3.17. The molecule has 1 unspecified atom stereocenters. The Morgan fingerprint density at radius 1 is 0.923 bits per heavy atom. The van der Waals surface area contributed by atoms with E-state index in [4.69, 9.17) is 5.21 Å². The van der Waals surface area contributed by atoms with E-state index in [0.717, 1.165) is 19.3 Å². The van der Waals surface area contributed by atoms with Gasteiger partial charge < -0.3 is 5.21 Å². The zero-order valence-corrected chi connectivity index (χ0v) is 9.18. The number of hydrogen-bond acceptors (Lipinski definition) is 2. The van der Waals surface area contributed by atoms with E-state index in [-0.39, 0.29) is 0 Å². The van der Waals surface area contributed by atoms with E-state index >= 15 is 0 Å². The van der Waals surface area contributed by atoms with E-state index in [1.54, 1.807) is 0 Å². The van der Waals surface area contributed by atoms with Crippen LogP contribution in [-0.4, -0.2) is 11.2 Å². The minimum atomic E-state index is 0.326. The standard InChI is InChI=1S/C11H25NO/c1-3-5-6-7-8-10-11(12-13)9-4-2/h11-13H,3-10H2,1-2H3. The number of nitrogens with one attached hydrogen (secondary N) is 1. The molecule has 2 heteroatoms. The molecule has 80 valence electrons. The molecule has 0 aromatic rings. The molecule has 0 aliphatic rings. The Kier molecular flexibility index (Phi) is 9.94. The molecule has 0 amide bonds. The van der Waals surface area contributed by atoms with Crippen molar-refractivity contribution in [2.45, 2.75) is 71.3 Å². The van der Waals surface area contributed by atoms with Crippen molar-refractivity contribution in [3.05, 3.63) is 0 Å². The molecule has 1 atom stereocenters. The third-order valence-corrected chi connectivity index (χ3v) is 2.48. The van der Waals surface area contributed by atoms with E-state index in [1.165, 1.54) is 32.1 Å². The Labute approximate surface area is 82.7 Å². The molecular formula is C11H25NO. The van der Waals surface area contributed by atoms with Crippen LogP contribution in [0.4, 0.5) is 0 Å². The van der Waals surface area contributed by atoms with Crippen molar-refractivity contribution in [2.75, 3.05) is 0 Å². The third kappa shape index (κ3) is 8.26. The van der Waals surface area contributed by atoms with Crippen LogP contribution < -0.4 is 5.48 Å². The van der Waals surface area contributed by atoms with Gasteiger partial charge in [0.15, 0.2) is 0 Å². The van der Waals surface area contributed by atoms with Gasteiger partial charge in [-0.3, -0.25) is 0 Å². The number of unbranched alkanes of at least 4 members (excludes halogenated alkanes) is 4. The van der Waals surface area contributed by atoms with E-state index < -0.39 is 0 Å². The summed E-state index contributed by atoms with van der Waals surface area (Å²) in [6.07, 6.45) is 9.92. The molecule has 2 nitrogen and oxygen atoms in total. The largest absolute Gasteiger partial charge is 0.317 e. The first kappa shape index (κ1) is 12.9. The van der Waals surface area contributed by atoms with Crippen molar-refractivity contribution >= 4 is 0 Å². The molecule has 13 heavy (non-hydrogen) atoms. The summed E-state index contributed by atoms with van der Waals surface area (Å²) in [4.78, 5) is 0.